The second-order valence-corrected chi connectivity index (χ2v) is 9.84. The number of ether oxygens (including phenoxy) is 3. The van der Waals surface area contributed by atoms with E-state index in [0.717, 1.165) is 32.6 Å². The van der Waals surface area contributed by atoms with Gasteiger partial charge in [0.1, 0.15) is 36.9 Å². The van der Waals surface area contributed by atoms with E-state index in [1.807, 2.05) is 6.07 Å². The predicted molar refractivity (Wildman–Crippen MR) is 136 cm³/mol. The van der Waals surface area contributed by atoms with Crippen LogP contribution in [-0.4, -0.2) is 98.9 Å². The Labute approximate surface area is 211 Å². The lowest BCUT2D eigenvalue weighted by molar-refractivity contribution is -0.0403. The van der Waals surface area contributed by atoms with Crippen LogP contribution in [0.2, 0.25) is 0 Å². The molecule has 36 heavy (non-hydrogen) atoms. The topological polar surface area (TPSA) is 83.9 Å². The number of fused-ring (bicyclic) bond motifs is 2. The van der Waals surface area contributed by atoms with Crippen molar-refractivity contribution in [3.63, 3.8) is 0 Å². The SMILES string of the molecule is CN1CCOC(COc2ccc3c(c2)OCCN(CC(CN2CCc4ccccc4C2)N=O)C3=O)C1. The Balaban J connectivity index is 1.19. The molecule has 9 heteroatoms. The Morgan fingerprint density at radius 3 is 2.78 bits per heavy atom. The van der Waals surface area contributed by atoms with E-state index in [4.69, 9.17) is 14.2 Å². The summed E-state index contributed by atoms with van der Waals surface area (Å²) >= 11 is 0. The zero-order valence-corrected chi connectivity index (χ0v) is 20.8. The van der Waals surface area contributed by atoms with E-state index < -0.39 is 6.04 Å². The molecule has 0 radical (unpaired) electrons. The molecule has 0 aromatic heterocycles. The number of nitroso groups, excluding NO2 is 1. The summed E-state index contributed by atoms with van der Waals surface area (Å²) in [7, 11) is 2.07. The van der Waals surface area contributed by atoms with Crippen molar-refractivity contribution in [1.82, 2.24) is 14.7 Å². The molecule has 0 spiro atoms. The molecule has 2 unspecified atom stereocenters. The summed E-state index contributed by atoms with van der Waals surface area (Å²) in [6.07, 6.45) is 0.973. The molecule has 5 rings (SSSR count). The van der Waals surface area contributed by atoms with Crippen LogP contribution in [0.15, 0.2) is 47.6 Å². The Morgan fingerprint density at radius 2 is 1.94 bits per heavy atom. The Bertz CT molecular complexity index is 1080. The van der Waals surface area contributed by atoms with Gasteiger partial charge in [0.15, 0.2) is 0 Å². The summed E-state index contributed by atoms with van der Waals surface area (Å²) < 4.78 is 17.6. The number of carbonyl (C=O) groups is 1. The normalized spacial score (nSPS) is 21.6. The van der Waals surface area contributed by atoms with Gasteiger partial charge in [-0.25, -0.2) is 0 Å². The molecule has 3 aliphatic heterocycles. The minimum Gasteiger partial charge on any atom is -0.491 e. The van der Waals surface area contributed by atoms with Crippen molar-refractivity contribution in [2.75, 3.05) is 66.1 Å². The third kappa shape index (κ3) is 5.86. The summed E-state index contributed by atoms with van der Waals surface area (Å²) in [5, 5.41) is 3.38. The number of carbonyl (C=O) groups excluding carboxylic acids is 1. The van der Waals surface area contributed by atoms with Gasteiger partial charge in [-0.05, 0) is 36.7 Å². The van der Waals surface area contributed by atoms with Gasteiger partial charge in [0.2, 0.25) is 0 Å². The fourth-order valence-electron chi connectivity index (χ4n) is 5.14. The Kier molecular flexibility index (Phi) is 7.79. The predicted octanol–water partition coefficient (Wildman–Crippen LogP) is 2.42. The first-order valence-electron chi connectivity index (χ1n) is 12.7. The summed E-state index contributed by atoms with van der Waals surface area (Å²) in [6, 6.07) is 13.2. The Morgan fingerprint density at radius 1 is 1.08 bits per heavy atom. The van der Waals surface area contributed by atoms with Crippen LogP contribution in [0.4, 0.5) is 0 Å². The minimum absolute atomic E-state index is 0.0155. The third-order valence-electron chi connectivity index (χ3n) is 7.13. The van der Waals surface area contributed by atoms with Gasteiger partial charge in [-0.3, -0.25) is 9.69 Å². The van der Waals surface area contributed by atoms with Gasteiger partial charge >= 0.3 is 0 Å². The number of rotatable bonds is 8. The van der Waals surface area contributed by atoms with Crippen LogP contribution in [0.1, 0.15) is 21.5 Å². The van der Waals surface area contributed by atoms with Gasteiger partial charge in [-0.1, -0.05) is 29.4 Å². The molecule has 1 amide bonds. The molecule has 9 nitrogen and oxygen atoms in total. The lowest BCUT2D eigenvalue weighted by atomic mass is 9.99. The smallest absolute Gasteiger partial charge is 0.257 e. The second-order valence-electron chi connectivity index (χ2n) is 9.84. The first-order chi connectivity index (χ1) is 17.6. The molecule has 3 aliphatic rings. The van der Waals surface area contributed by atoms with Crippen molar-refractivity contribution in [1.29, 1.82) is 0 Å². The fourth-order valence-corrected chi connectivity index (χ4v) is 5.14. The van der Waals surface area contributed by atoms with Crippen molar-refractivity contribution >= 4 is 5.91 Å². The monoisotopic (exact) mass is 494 g/mol. The second kappa shape index (κ2) is 11.4. The zero-order valence-electron chi connectivity index (χ0n) is 20.8. The number of morpholine rings is 1. The first kappa shape index (κ1) is 24.7. The molecule has 0 saturated carbocycles. The van der Waals surface area contributed by atoms with Crippen molar-refractivity contribution in [2.45, 2.75) is 25.1 Å². The van der Waals surface area contributed by atoms with Crippen LogP contribution < -0.4 is 9.47 Å². The van der Waals surface area contributed by atoms with E-state index in [0.29, 0.717) is 50.0 Å². The van der Waals surface area contributed by atoms with Crippen LogP contribution in [-0.2, 0) is 17.7 Å². The lowest BCUT2D eigenvalue weighted by Gasteiger charge is -2.31. The van der Waals surface area contributed by atoms with Crippen LogP contribution >= 0.6 is 0 Å². The number of benzene rings is 2. The summed E-state index contributed by atoms with van der Waals surface area (Å²) in [5.74, 6) is 0.999. The number of amides is 1. The van der Waals surface area contributed by atoms with E-state index in [2.05, 4.69) is 40.2 Å². The quantitative estimate of drug-likeness (QED) is 0.521. The van der Waals surface area contributed by atoms with E-state index in [-0.39, 0.29) is 18.6 Å². The van der Waals surface area contributed by atoms with Crippen molar-refractivity contribution in [3.05, 3.63) is 64.1 Å². The largest absolute Gasteiger partial charge is 0.491 e. The maximum Gasteiger partial charge on any atom is 0.257 e. The van der Waals surface area contributed by atoms with Gasteiger partial charge in [-0.2, -0.15) is 4.91 Å². The molecular weight excluding hydrogens is 460 g/mol. The third-order valence-corrected chi connectivity index (χ3v) is 7.13. The van der Waals surface area contributed by atoms with Gasteiger partial charge in [0, 0.05) is 45.3 Å². The molecular formula is C27H34N4O5. The molecule has 0 bridgehead atoms. The number of hydrogen-bond acceptors (Lipinski definition) is 8. The van der Waals surface area contributed by atoms with E-state index >= 15 is 0 Å². The van der Waals surface area contributed by atoms with Gasteiger partial charge in [-0.15, -0.1) is 0 Å². The molecule has 3 heterocycles. The number of hydrogen-bond donors (Lipinski definition) is 0. The van der Waals surface area contributed by atoms with E-state index in [1.165, 1.54) is 11.1 Å². The maximum atomic E-state index is 13.3. The highest BCUT2D eigenvalue weighted by atomic mass is 16.5. The highest BCUT2D eigenvalue weighted by molar-refractivity contribution is 5.97. The summed E-state index contributed by atoms with van der Waals surface area (Å²) in [5.41, 5.74) is 3.13. The van der Waals surface area contributed by atoms with Crippen molar-refractivity contribution in [3.8, 4) is 11.5 Å². The van der Waals surface area contributed by atoms with Crippen LogP contribution in [0.5, 0.6) is 11.5 Å². The van der Waals surface area contributed by atoms with Crippen LogP contribution in [0.3, 0.4) is 0 Å². The molecule has 2 aromatic rings. The Hall–Kier alpha value is -3.01. The van der Waals surface area contributed by atoms with Crippen LogP contribution in [0.25, 0.3) is 0 Å². The van der Waals surface area contributed by atoms with Crippen molar-refractivity contribution in [2.24, 2.45) is 5.18 Å². The minimum atomic E-state index is -0.503. The zero-order chi connectivity index (χ0) is 24.9. The van der Waals surface area contributed by atoms with E-state index in [9.17, 15) is 9.70 Å². The van der Waals surface area contributed by atoms with E-state index in [1.54, 1.807) is 23.1 Å². The molecule has 1 fully saturated rings. The highest BCUT2D eigenvalue weighted by Gasteiger charge is 2.28. The fraction of sp³-hybridized carbons (Fsp3) is 0.519. The average Bonchev–Trinajstić information content (AvgIpc) is 3.05. The summed E-state index contributed by atoms with van der Waals surface area (Å²) in [6.45, 7) is 6.12. The van der Waals surface area contributed by atoms with Crippen molar-refractivity contribution < 1.29 is 19.0 Å². The van der Waals surface area contributed by atoms with Crippen LogP contribution in [0, 0.1) is 4.91 Å². The number of nitrogens with zero attached hydrogens (tertiary/aromatic N) is 4. The molecule has 0 aliphatic carbocycles. The maximum absolute atomic E-state index is 13.3. The summed E-state index contributed by atoms with van der Waals surface area (Å²) in [4.78, 5) is 31.2. The molecule has 2 atom stereocenters. The lowest BCUT2D eigenvalue weighted by Crippen LogP contribution is -2.43. The van der Waals surface area contributed by atoms with Gasteiger partial charge in [0.25, 0.3) is 5.91 Å². The van der Waals surface area contributed by atoms with Gasteiger partial charge in [0.05, 0.1) is 18.7 Å². The first-order valence-corrected chi connectivity index (χ1v) is 12.7. The molecule has 192 valence electrons. The number of likely N-dealkylation sites (N-methyl/N-ethyl adjacent to an activating group) is 1. The molecule has 2 aromatic carbocycles. The van der Waals surface area contributed by atoms with Gasteiger partial charge < -0.3 is 24.0 Å². The standard InChI is InChI=1S/C27H34N4O5/c1-29-10-12-34-24(18-29)19-36-23-6-7-25-26(14-23)35-13-11-31(27(25)32)17-22(28-33)16-30-9-8-20-4-2-3-5-21(20)15-30/h2-7,14,22,24H,8-13,15-19H2,1H3. The molecule has 1 saturated heterocycles. The molecule has 0 N–H and O–H groups in total. The average molecular weight is 495 g/mol. The highest BCUT2D eigenvalue weighted by Crippen LogP contribution is 2.29.